The van der Waals surface area contributed by atoms with Crippen molar-refractivity contribution in [3.63, 3.8) is 0 Å². The lowest BCUT2D eigenvalue weighted by Crippen LogP contribution is -2.22. The van der Waals surface area contributed by atoms with E-state index in [1.165, 1.54) is 10.6 Å². The van der Waals surface area contributed by atoms with E-state index in [9.17, 15) is 0 Å². The van der Waals surface area contributed by atoms with Gasteiger partial charge < -0.3 is 5.32 Å². The number of hydrogen-bond acceptors (Lipinski definition) is 3. The van der Waals surface area contributed by atoms with Gasteiger partial charge in [-0.2, -0.15) is 0 Å². The van der Waals surface area contributed by atoms with Crippen LogP contribution in [0.25, 0.3) is 0 Å². The summed E-state index contributed by atoms with van der Waals surface area (Å²) in [5.41, 5.74) is 1.33. The summed E-state index contributed by atoms with van der Waals surface area (Å²) in [4.78, 5) is 4.34. The molecule has 0 aliphatic carbocycles. The van der Waals surface area contributed by atoms with Crippen molar-refractivity contribution >= 4 is 11.3 Å². The molecule has 2 rings (SSSR count). The Kier molecular flexibility index (Phi) is 4.08. The average Bonchev–Trinajstić information content (AvgIpc) is 2.83. The minimum Gasteiger partial charge on any atom is -0.310 e. The number of thiazole rings is 1. The Morgan fingerprint density at radius 3 is 2.75 bits per heavy atom. The maximum Gasteiger partial charge on any atom is 0.0943 e. The van der Waals surface area contributed by atoms with E-state index in [4.69, 9.17) is 0 Å². The Labute approximate surface area is 100 Å². The van der Waals surface area contributed by atoms with E-state index in [1.54, 1.807) is 11.3 Å². The van der Waals surface area contributed by atoms with Gasteiger partial charge in [0, 0.05) is 24.0 Å². The highest BCUT2D eigenvalue weighted by molar-refractivity contribution is 7.09. The van der Waals surface area contributed by atoms with Crippen LogP contribution in [-0.2, 0) is 6.42 Å². The van der Waals surface area contributed by atoms with Crippen LogP contribution >= 0.6 is 11.3 Å². The van der Waals surface area contributed by atoms with Crippen LogP contribution in [0.3, 0.4) is 0 Å². The summed E-state index contributed by atoms with van der Waals surface area (Å²) in [6.07, 6.45) is 2.84. The van der Waals surface area contributed by atoms with E-state index in [1.807, 2.05) is 11.6 Å². The molecule has 3 heteroatoms. The number of nitrogens with zero attached hydrogens (tertiary/aromatic N) is 1. The summed E-state index contributed by atoms with van der Waals surface area (Å²) in [6.45, 7) is 3.11. The summed E-state index contributed by atoms with van der Waals surface area (Å²) in [5, 5.41) is 6.72. The Morgan fingerprint density at radius 1 is 1.31 bits per heavy atom. The third kappa shape index (κ3) is 2.90. The van der Waals surface area contributed by atoms with Crippen molar-refractivity contribution in [3.05, 3.63) is 52.5 Å². The van der Waals surface area contributed by atoms with Gasteiger partial charge in [0.05, 0.1) is 5.01 Å². The van der Waals surface area contributed by atoms with Gasteiger partial charge in [-0.05, 0) is 12.1 Å². The van der Waals surface area contributed by atoms with E-state index in [0.29, 0.717) is 6.04 Å². The fraction of sp³-hybridized carbons (Fsp3) is 0.308. The van der Waals surface area contributed by atoms with Crippen molar-refractivity contribution in [2.75, 3.05) is 6.54 Å². The molecule has 2 nitrogen and oxygen atoms in total. The fourth-order valence-corrected chi connectivity index (χ4v) is 2.43. The molecule has 0 saturated heterocycles. The predicted molar refractivity (Wildman–Crippen MR) is 68.7 cm³/mol. The number of rotatable bonds is 5. The molecule has 1 heterocycles. The zero-order valence-corrected chi connectivity index (χ0v) is 10.2. The van der Waals surface area contributed by atoms with Crippen LogP contribution < -0.4 is 5.32 Å². The van der Waals surface area contributed by atoms with Crippen molar-refractivity contribution in [3.8, 4) is 0 Å². The van der Waals surface area contributed by atoms with Gasteiger partial charge in [0.2, 0.25) is 0 Å². The standard InChI is InChI=1S/C13H16N2S/c1-2-14-12(10-13-15-8-9-16-13)11-6-4-3-5-7-11/h3-9,12,14H,2,10H2,1H3. The van der Waals surface area contributed by atoms with Crippen LogP contribution in [0.5, 0.6) is 0 Å². The van der Waals surface area contributed by atoms with Crippen molar-refractivity contribution in [2.24, 2.45) is 0 Å². The highest BCUT2D eigenvalue weighted by Gasteiger charge is 2.11. The minimum atomic E-state index is 0.373. The van der Waals surface area contributed by atoms with Gasteiger partial charge in [-0.1, -0.05) is 37.3 Å². The van der Waals surface area contributed by atoms with Gasteiger partial charge in [0.1, 0.15) is 0 Å². The molecule has 0 aliphatic rings. The molecule has 0 radical (unpaired) electrons. The fourth-order valence-electron chi connectivity index (χ4n) is 1.77. The normalized spacial score (nSPS) is 12.6. The van der Waals surface area contributed by atoms with Crippen LogP contribution in [0, 0.1) is 0 Å². The Hall–Kier alpha value is -1.19. The maximum atomic E-state index is 4.34. The van der Waals surface area contributed by atoms with E-state index >= 15 is 0 Å². The molecule has 16 heavy (non-hydrogen) atoms. The first kappa shape index (κ1) is 11.3. The van der Waals surface area contributed by atoms with Gasteiger partial charge >= 0.3 is 0 Å². The molecule has 0 fully saturated rings. The van der Waals surface area contributed by atoms with Gasteiger partial charge in [0.25, 0.3) is 0 Å². The highest BCUT2D eigenvalue weighted by atomic mass is 32.1. The zero-order chi connectivity index (χ0) is 11.2. The molecule has 0 amide bonds. The van der Waals surface area contributed by atoms with Crippen LogP contribution in [0.4, 0.5) is 0 Å². The second-order valence-electron chi connectivity index (χ2n) is 3.65. The molecule has 1 N–H and O–H groups in total. The SMILES string of the molecule is CCNC(Cc1nccs1)c1ccccc1. The van der Waals surface area contributed by atoms with Gasteiger partial charge in [-0.3, -0.25) is 0 Å². The van der Waals surface area contributed by atoms with Crippen molar-refractivity contribution in [2.45, 2.75) is 19.4 Å². The van der Waals surface area contributed by atoms with Crippen LogP contribution in [0.15, 0.2) is 41.9 Å². The Bertz CT molecular complexity index is 397. The number of hydrogen-bond donors (Lipinski definition) is 1. The van der Waals surface area contributed by atoms with Crippen LogP contribution in [-0.4, -0.2) is 11.5 Å². The maximum absolute atomic E-state index is 4.34. The summed E-state index contributed by atoms with van der Waals surface area (Å²) in [7, 11) is 0. The number of aromatic nitrogens is 1. The molecular weight excluding hydrogens is 216 g/mol. The molecule has 1 aromatic heterocycles. The molecule has 1 atom stereocenters. The van der Waals surface area contributed by atoms with Crippen molar-refractivity contribution in [1.82, 2.24) is 10.3 Å². The first-order valence-electron chi connectivity index (χ1n) is 5.57. The molecule has 1 aromatic carbocycles. The van der Waals surface area contributed by atoms with E-state index < -0.39 is 0 Å². The first-order chi connectivity index (χ1) is 7.90. The second-order valence-corrected chi connectivity index (χ2v) is 4.63. The van der Waals surface area contributed by atoms with Gasteiger partial charge in [-0.15, -0.1) is 11.3 Å². The lowest BCUT2D eigenvalue weighted by molar-refractivity contribution is 0.548. The number of benzene rings is 1. The first-order valence-corrected chi connectivity index (χ1v) is 6.45. The van der Waals surface area contributed by atoms with E-state index in [0.717, 1.165) is 13.0 Å². The highest BCUT2D eigenvalue weighted by Crippen LogP contribution is 2.19. The molecule has 84 valence electrons. The largest absolute Gasteiger partial charge is 0.310 e. The smallest absolute Gasteiger partial charge is 0.0943 e. The molecule has 2 aromatic rings. The number of nitrogens with one attached hydrogen (secondary N) is 1. The molecule has 0 spiro atoms. The van der Waals surface area contributed by atoms with Gasteiger partial charge in [0.15, 0.2) is 0 Å². The van der Waals surface area contributed by atoms with Crippen molar-refractivity contribution < 1.29 is 0 Å². The lowest BCUT2D eigenvalue weighted by atomic mass is 10.0. The van der Waals surface area contributed by atoms with Crippen LogP contribution in [0.2, 0.25) is 0 Å². The van der Waals surface area contributed by atoms with E-state index in [2.05, 4.69) is 47.6 Å². The number of likely N-dealkylation sites (N-methyl/N-ethyl adjacent to an activating group) is 1. The lowest BCUT2D eigenvalue weighted by Gasteiger charge is -2.16. The molecule has 0 bridgehead atoms. The van der Waals surface area contributed by atoms with E-state index in [-0.39, 0.29) is 0 Å². The third-order valence-corrected chi connectivity index (χ3v) is 3.32. The zero-order valence-electron chi connectivity index (χ0n) is 9.39. The minimum absolute atomic E-state index is 0.373. The monoisotopic (exact) mass is 232 g/mol. The summed E-state index contributed by atoms with van der Waals surface area (Å²) in [5.74, 6) is 0. The Morgan fingerprint density at radius 2 is 2.12 bits per heavy atom. The molecule has 0 saturated carbocycles. The summed E-state index contributed by atoms with van der Waals surface area (Å²) >= 11 is 1.72. The van der Waals surface area contributed by atoms with Crippen LogP contribution in [0.1, 0.15) is 23.5 Å². The quantitative estimate of drug-likeness (QED) is 0.857. The Balaban J connectivity index is 2.11. The third-order valence-electron chi connectivity index (χ3n) is 2.51. The van der Waals surface area contributed by atoms with Crippen molar-refractivity contribution in [1.29, 1.82) is 0 Å². The molecular formula is C13H16N2S. The summed E-state index contributed by atoms with van der Waals surface area (Å²) < 4.78 is 0. The predicted octanol–water partition coefficient (Wildman–Crippen LogP) is 3.04. The average molecular weight is 232 g/mol. The second kappa shape index (κ2) is 5.77. The molecule has 0 aliphatic heterocycles. The summed E-state index contributed by atoms with van der Waals surface area (Å²) in [6, 6.07) is 10.9. The van der Waals surface area contributed by atoms with Gasteiger partial charge in [-0.25, -0.2) is 4.98 Å². The topological polar surface area (TPSA) is 24.9 Å². The molecule has 1 unspecified atom stereocenters.